The molecule has 1 rings (SSSR count). The van der Waals surface area contributed by atoms with Gasteiger partial charge in [0.15, 0.2) is 0 Å². The molecule has 0 bridgehead atoms. The molecule has 0 aromatic carbocycles. The summed E-state index contributed by atoms with van der Waals surface area (Å²) >= 11 is 0. The van der Waals surface area contributed by atoms with Gasteiger partial charge in [-0.05, 0) is 18.2 Å². The zero-order valence-corrected chi connectivity index (χ0v) is 8.21. The van der Waals surface area contributed by atoms with Crippen molar-refractivity contribution in [3.05, 3.63) is 35.9 Å². The molecule has 1 nitrogen and oxygen atoms in total. The van der Waals surface area contributed by atoms with E-state index in [0.717, 1.165) is 5.69 Å². The van der Waals surface area contributed by atoms with Crippen LogP contribution in [0.3, 0.4) is 0 Å². The molecule has 1 heterocycles. The van der Waals surface area contributed by atoms with Gasteiger partial charge in [0.1, 0.15) is 0 Å². The van der Waals surface area contributed by atoms with Gasteiger partial charge in [-0.3, -0.25) is 4.98 Å². The van der Waals surface area contributed by atoms with Crippen molar-refractivity contribution in [2.24, 2.45) is 0 Å². The summed E-state index contributed by atoms with van der Waals surface area (Å²) in [5, 5.41) is 0. The Bertz CT molecular complexity index is 310. The van der Waals surface area contributed by atoms with Gasteiger partial charge in [0.05, 0.1) is 12.0 Å². The van der Waals surface area contributed by atoms with E-state index in [2.05, 4.69) is 25.8 Å². The zero-order chi connectivity index (χ0) is 9.90. The number of hydrogen-bond acceptors (Lipinski definition) is 1. The minimum absolute atomic E-state index is 0.0141. The van der Waals surface area contributed by atoms with Crippen LogP contribution in [0.1, 0.15) is 32.2 Å². The first kappa shape index (κ1) is 9.90. The Morgan fingerprint density at radius 3 is 2.54 bits per heavy atom. The lowest BCUT2D eigenvalue weighted by atomic mass is 9.91. The summed E-state index contributed by atoms with van der Waals surface area (Å²) in [7, 11) is 0. The molecule has 1 aromatic heterocycles. The van der Waals surface area contributed by atoms with E-state index in [9.17, 15) is 4.39 Å². The molecule has 0 saturated heterocycles. The number of pyridine rings is 1. The van der Waals surface area contributed by atoms with E-state index in [-0.39, 0.29) is 5.41 Å². The van der Waals surface area contributed by atoms with Crippen molar-refractivity contribution in [3.63, 3.8) is 0 Å². The molecule has 2 heteroatoms. The van der Waals surface area contributed by atoms with Crippen molar-refractivity contribution < 1.29 is 4.39 Å². The molecule has 0 atom stereocenters. The molecule has 13 heavy (non-hydrogen) atoms. The summed E-state index contributed by atoms with van der Waals surface area (Å²) in [5.41, 5.74) is 1.65. The third-order valence-corrected chi connectivity index (χ3v) is 1.77. The average molecular weight is 179 g/mol. The average Bonchev–Trinajstić information content (AvgIpc) is 2.04. The molecule has 0 fully saturated rings. The largest absolute Gasteiger partial charge is 0.253 e. The molecule has 0 aliphatic carbocycles. The van der Waals surface area contributed by atoms with E-state index in [0.29, 0.717) is 12.0 Å². The number of nitrogens with zero attached hydrogens (tertiary/aromatic N) is 1. The zero-order valence-electron chi connectivity index (χ0n) is 8.21. The van der Waals surface area contributed by atoms with Crippen molar-refractivity contribution in [3.8, 4) is 0 Å². The number of halogens is 1. The van der Waals surface area contributed by atoms with Crippen LogP contribution >= 0.6 is 0 Å². The van der Waals surface area contributed by atoms with Crippen LogP contribution in [-0.4, -0.2) is 4.98 Å². The van der Waals surface area contributed by atoms with Crippen LogP contribution in [0.2, 0.25) is 0 Å². The highest BCUT2D eigenvalue weighted by molar-refractivity contribution is 5.43. The first-order chi connectivity index (χ1) is 6.04. The fourth-order valence-corrected chi connectivity index (χ4v) is 1.03. The maximum absolute atomic E-state index is 11.9. The Hall–Kier alpha value is -1.18. The van der Waals surface area contributed by atoms with Gasteiger partial charge in [-0.2, -0.15) is 0 Å². The highest BCUT2D eigenvalue weighted by Crippen LogP contribution is 2.19. The Balaban J connectivity index is 3.05. The van der Waals surface area contributed by atoms with Gasteiger partial charge in [-0.1, -0.05) is 26.8 Å². The van der Waals surface area contributed by atoms with Crippen LogP contribution in [0.25, 0.3) is 6.08 Å². The van der Waals surface area contributed by atoms with E-state index in [1.54, 1.807) is 6.07 Å². The number of rotatable bonds is 1. The predicted octanol–water partition coefficient (Wildman–Crippen LogP) is 3.32. The van der Waals surface area contributed by atoms with Gasteiger partial charge >= 0.3 is 0 Å². The van der Waals surface area contributed by atoms with E-state index >= 15 is 0 Å². The highest BCUT2D eigenvalue weighted by atomic mass is 19.1. The third kappa shape index (κ3) is 2.65. The molecule has 70 valence electrons. The molecule has 0 unspecified atom stereocenters. The maximum Gasteiger partial charge on any atom is 0.0888 e. The molecule has 0 amide bonds. The quantitative estimate of drug-likeness (QED) is 0.644. The lowest BCUT2D eigenvalue weighted by Crippen LogP contribution is -2.13. The number of hydrogen-bond donors (Lipinski definition) is 0. The van der Waals surface area contributed by atoms with Crippen LogP contribution < -0.4 is 0 Å². The molecule has 0 spiro atoms. The van der Waals surface area contributed by atoms with E-state index in [1.807, 2.05) is 12.1 Å². The molecule has 1 aromatic rings. The van der Waals surface area contributed by atoms with Gasteiger partial charge in [0, 0.05) is 11.1 Å². The molecule has 0 radical (unpaired) electrons. The van der Waals surface area contributed by atoms with Crippen LogP contribution in [0.5, 0.6) is 0 Å². The second-order valence-corrected chi connectivity index (χ2v) is 3.99. The Morgan fingerprint density at radius 2 is 2.00 bits per heavy atom. The predicted molar refractivity (Wildman–Crippen MR) is 53.1 cm³/mol. The van der Waals surface area contributed by atoms with Crippen molar-refractivity contribution in [2.75, 3.05) is 0 Å². The summed E-state index contributed by atoms with van der Waals surface area (Å²) in [6.45, 7) is 6.24. The lowest BCUT2D eigenvalue weighted by Gasteiger charge is -2.17. The van der Waals surface area contributed by atoms with E-state index in [4.69, 9.17) is 0 Å². The normalized spacial score (nSPS) is 12.3. The number of aromatic nitrogens is 1. The topological polar surface area (TPSA) is 12.9 Å². The molecule has 0 aliphatic rings. The van der Waals surface area contributed by atoms with Crippen LogP contribution in [-0.2, 0) is 5.41 Å². The van der Waals surface area contributed by atoms with E-state index < -0.39 is 0 Å². The second kappa shape index (κ2) is 3.69. The molecule has 0 saturated carbocycles. The first-order valence-corrected chi connectivity index (χ1v) is 4.28. The third-order valence-electron chi connectivity index (χ3n) is 1.77. The fraction of sp³-hybridized carbons (Fsp3) is 0.364. The minimum atomic E-state index is 0.0141. The Kier molecular flexibility index (Phi) is 2.81. The van der Waals surface area contributed by atoms with Gasteiger partial charge < -0.3 is 0 Å². The van der Waals surface area contributed by atoms with E-state index in [1.165, 1.54) is 6.08 Å². The van der Waals surface area contributed by atoms with Crippen molar-refractivity contribution >= 4 is 6.08 Å². The van der Waals surface area contributed by atoms with Crippen LogP contribution in [0.4, 0.5) is 4.39 Å². The summed E-state index contributed by atoms with van der Waals surface area (Å²) < 4.78 is 11.9. The summed E-state index contributed by atoms with van der Waals surface area (Å²) in [6, 6.07) is 5.63. The first-order valence-electron chi connectivity index (χ1n) is 4.28. The minimum Gasteiger partial charge on any atom is -0.253 e. The second-order valence-electron chi connectivity index (χ2n) is 3.99. The van der Waals surface area contributed by atoms with Crippen LogP contribution in [0.15, 0.2) is 24.5 Å². The monoisotopic (exact) mass is 179 g/mol. The summed E-state index contributed by atoms with van der Waals surface area (Å²) in [6.07, 6.45) is 1.87. The maximum atomic E-state index is 11.9. The van der Waals surface area contributed by atoms with Gasteiger partial charge in [-0.25, -0.2) is 4.39 Å². The van der Waals surface area contributed by atoms with Crippen LogP contribution in [0, 0.1) is 0 Å². The van der Waals surface area contributed by atoms with Crippen molar-refractivity contribution in [1.29, 1.82) is 0 Å². The van der Waals surface area contributed by atoms with Gasteiger partial charge in [0.2, 0.25) is 0 Å². The Labute approximate surface area is 78.3 Å². The molecule has 0 N–H and O–H groups in total. The molecular formula is C11H14FN. The van der Waals surface area contributed by atoms with Gasteiger partial charge in [-0.15, -0.1) is 0 Å². The highest BCUT2D eigenvalue weighted by Gasteiger charge is 2.14. The molecule has 0 aliphatic heterocycles. The van der Waals surface area contributed by atoms with Crippen molar-refractivity contribution in [1.82, 2.24) is 4.98 Å². The summed E-state index contributed by atoms with van der Waals surface area (Å²) in [4.78, 5) is 4.31. The smallest absolute Gasteiger partial charge is 0.0888 e. The standard InChI is InChI=1S/C11H14FN/c1-11(2,3)10-6-4-5-9(13-10)7-8-12/h4-8H,1-3H3/b8-7+. The Morgan fingerprint density at radius 1 is 1.31 bits per heavy atom. The van der Waals surface area contributed by atoms with Crippen molar-refractivity contribution in [2.45, 2.75) is 26.2 Å². The summed E-state index contributed by atoms with van der Waals surface area (Å²) in [5.74, 6) is 0. The SMILES string of the molecule is CC(C)(C)c1cccc(/C=C/F)n1. The molecular weight excluding hydrogens is 165 g/mol. The fourth-order valence-electron chi connectivity index (χ4n) is 1.03. The lowest BCUT2D eigenvalue weighted by molar-refractivity contribution is 0.568. The van der Waals surface area contributed by atoms with Gasteiger partial charge in [0.25, 0.3) is 0 Å².